The first-order valence-corrected chi connectivity index (χ1v) is 2.84. The molecule has 0 spiro atoms. The molecule has 0 aromatic rings. The smallest absolute Gasteiger partial charge is 0.204 e. The molecule has 6 heteroatoms. The minimum atomic E-state index is -4.98. The lowest BCUT2D eigenvalue weighted by Crippen LogP contribution is -2.27. The lowest BCUT2D eigenvalue weighted by atomic mass is 10.7. The zero-order valence-electron chi connectivity index (χ0n) is 3.27. The van der Waals surface area contributed by atoms with E-state index in [2.05, 4.69) is 11.6 Å². The van der Waals surface area contributed by atoms with Gasteiger partial charge in [0.15, 0.2) is 0 Å². The van der Waals surface area contributed by atoms with Gasteiger partial charge in [0.25, 0.3) is 0 Å². The summed E-state index contributed by atoms with van der Waals surface area (Å²) in [7, 11) is 0. The van der Waals surface area contributed by atoms with Crippen LogP contribution in [0.15, 0.2) is 0 Å². The van der Waals surface area contributed by atoms with E-state index in [0.29, 0.717) is 22.6 Å². The third kappa shape index (κ3) is 2.34. The SMILES string of the molecule is FC(F)(F)[C@@](F)(Cl)I. The number of hydrogen-bond acceptors (Lipinski definition) is 0. The van der Waals surface area contributed by atoms with Crippen LogP contribution in [0.5, 0.6) is 0 Å². The van der Waals surface area contributed by atoms with Crippen LogP contribution in [0.1, 0.15) is 0 Å². The van der Waals surface area contributed by atoms with Gasteiger partial charge in [-0.25, -0.2) is 4.39 Å². The first-order valence-electron chi connectivity index (χ1n) is 1.38. The van der Waals surface area contributed by atoms with Crippen LogP contribution >= 0.6 is 34.2 Å². The molecule has 0 aliphatic carbocycles. The van der Waals surface area contributed by atoms with Crippen molar-refractivity contribution in [1.29, 1.82) is 0 Å². The molecule has 0 aromatic heterocycles. The van der Waals surface area contributed by atoms with E-state index in [9.17, 15) is 17.6 Å². The Morgan fingerprint density at radius 2 is 1.25 bits per heavy atom. The van der Waals surface area contributed by atoms with Gasteiger partial charge in [-0.2, -0.15) is 13.2 Å². The molecule has 0 nitrogen and oxygen atoms in total. The lowest BCUT2D eigenvalue weighted by molar-refractivity contribution is -0.162. The van der Waals surface area contributed by atoms with E-state index in [-0.39, 0.29) is 0 Å². The van der Waals surface area contributed by atoms with Crippen LogP contribution in [0.2, 0.25) is 0 Å². The monoisotopic (exact) mass is 262 g/mol. The molecule has 0 aliphatic heterocycles. The van der Waals surface area contributed by atoms with Gasteiger partial charge in [0.1, 0.15) is 0 Å². The van der Waals surface area contributed by atoms with Gasteiger partial charge >= 0.3 is 9.31 Å². The maximum absolute atomic E-state index is 11.5. The van der Waals surface area contributed by atoms with Crippen LogP contribution in [-0.2, 0) is 0 Å². The number of hydrogen-bond donors (Lipinski definition) is 0. The van der Waals surface area contributed by atoms with E-state index < -0.39 is 9.31 Å². The van der Waals surface area contributed by atoms with Crippen molar-refractivity contribution in [3.8, 4) is 0 Å². The Balaban J connectivity index is 4.02. The minimum Gasteiger partial charge on any atom is -0.204 e. The number of halogens is 6. The molecule has 0 aliphatic rings. The van der Waals surface area contributed by atoms with E-state index >= 15 is 0 Å². The number of alkyl halides is 6. The van der Waals surface area contributed by atoms with E-state index in [1.807, 2.05) is 0 Å². The van der Waals surface area contributed by atoms with Gasteiger partial charge in [0, 0.05) is 0 Å². The molecule has 1 atom stereocenters. The zero-order chi connectivity index (χ0) is 7.00. The highest BCUT2D eigenvalue weighted by Gasteiger charge is 2.52. The quantitative estimate of drug-likeness (QED) is 0.358. The van der Waals surface area contributed by atoms with E-state index in [4.69, 9.17) is 0 Å². The summed E-state index contributed by atoms with van der Waals surface area (Å²) in [5.74, 6) is 0. The fourth-order valence-electron chi connectivity index (χ4n) is 0. The Hall–Kier alpha value is 0.740. The highest BCUT2D eigenvalue weighted by molar-refractivity contribution is 14.1. The molecule has 0 unspecified atom stereocenters. The normalized spacial score (nSPS) is 20.2. The van der Waals surface area contributed by atoms with Gasteiger partial charge in [-0.05, 0) is 22.6 Å². The third-order valence-corrected chi connectivity index (χ3v) is 1.15. The van der Waals surface area contributed by atoms with Gasteiger partial charge < -0.3 is 0 Å². The minimum absolute atomic E-state index is 0.457. The molecule has 0 amide bonds. The van der Waals surface area contributed by atoms with Crippen LogP contribution in [0.25, 0.3) is 0 Å². The predicted octanol–water partition coefficient (Wildman–Crippen LogP) is 2.85. The Morgan fingerprint density at radius 1 is 1.12 bits per heavy atom. The largest absolute Gasteiger partial charge is 0.446 e. The molecule has 0 fully saturated rings. The van der Waals surface area contributed by atoms with Crippen molar-refractivity contribution in [2.45, 2.75) is 9.31 Å². The van der Waals surface area contributed by atoms with Gasteiger partial charge in [-0.15, -0.1) is 0 Å². The molecule has 50 valence electrons. The maximum atomic E-state index is 11.5. The van der Waals surface area contributed by atoms with E-state index in [0.717, 1.165) is 0 Å². The summed E-state index contributed by atoms with van der Waals surface area (Å²) in [4.78, 5) is 0. The topological polar surface area (TPSA) is 0 Å². The Labute approximate surface area is 61.3 Å². The molecule has 0 bridgehead atoms. The van der Waals surface area contributed by atoms with Crippen molar-refractivity contribution in [3.05, 3.63) is 0 Å². The highest BCUT2D eigenvalue weighted by atomic mass is 127. The maximum Gasteiger partial charge on any atom is 0.446 e. The molecule has 0 rings (SSSR count). The molecule has 0 saturated heterocycles. The molecule has 0 radical (unpaired) electrons. The Kier molecular flexibility index (Phi) is 2.37. The summed E-state index contributed by atoms with van der Waals surface area (Å²) in [5.41, 5.74) is 0. The van der Waals surface area contributed by atoms with Crippen LogP contribution < -0.4 is 0 Å². The average Bonchev–Trinajstić information content (AvgIpc) is 1.25. The summed E-state index contributed by atoms with van der Waals surface area (Å²) in [6.07, 6.45) is -4.98. The molecule has 0 heterocycles. The fraction of sp³-hybridized carbons (Fsp3) is 1.00. The average molecular weight is 262 g/mol. The van der Waals surface area contributed by atoms with Crippen molar-refractivity contribution in [3.63, 3.8) is 0 Å². The number of rotatable bonds is 0. The summed E-state index contributed by atoms with van der Waals surface area (Å²) >= 11 is 4.66. The van der Waals surface area contributed by atoms with Crippen molar-refractivity contribution in [2.75, 3.05) is 0 Å². The lowest BCUT2D eigenvalue weighted by Gasteiger charge is -2.12. The second kappa shape index (κ2) is 2.17. The molecule has 0 aromatic carbocycles. The van der Waals surface area contributed by atoms with Crippen molar-refractivity contribution >= 4 is 34.2 Å². The summed E-state index contributed by atoms with van der Waals surface area (Å²) in [6.45, 7) is 0. The van der Waals surface area contributed by atoms with Gasteiger partial charge in [0.2, 0.25) is 0 Å². The van der Waals surface area contributed by atoms with Gasteiger partial charge in [-0.3, -0.25) is 0 Å². The molecular weight excluding hydrogens is 262 g/mol. The van der Waals surface area contributed by atoms with Gasteiger partial charge in [-0.1, -0.05) is 11.6 Å². The van der Waals surface area contributed by atoms with E-state index in [1.54, 1.807) is 0 Å². The van der Waals surface area contributed by atoms with Crippen LogP contribution in [0.4, 0.5) is 17.6 Å². The predicted molar refractivity (Wildman–Crippen MR) is 29.8 cm³/mol. The Bertz CT molecular complexity index is 69.0. The Morgan fingerprint density at radius 3 is 1.25 bits per heavy atom. The highest BCUT2D eigenvalue weighted by Crippen LogP contribution is 2.42. The molecule has 8 heavy (non-hydrogen) atoms. The molecule has 0 saturated carbocycles. The third-order valence-electron chi connectivity index (χ3n) is 0.321. The van der Waals surface area contributed by atoms with Gasteiger partial charge in [0.05, 0.1) is 0 Å². The second-order valence-corrected chi connectivity index (χ2v) is 3.64. The molecular formula is C2ClF4I. The molecule has 0 N–H and O–H groups in total. The summed E-state index contributed by atoms with van der Waals surface area (Å²) in [6, 6.07) is 0. The first-order chi connectivity index (χ1) is 3.25. The zero-order valence-corrected chi connectivity index (χ0v) is 6.18. The van der Waals surface area contributed by atoms with Crippen molar-refractivity contribution < 1.29 is 17.6 Å². The van der Waals surface area contributed by atoms with E-state index in [1.165, 1.54) is 0 Å². The standard InChI is InChI=1S/C2ClF4I/c3-1(4,8)2(5,6)7/t1-/m0/s1. The first kappa shape index (κ1) is 8.74. The van der Waals surface area contributed by atoms with Crippen LogP contribution in [0.3, 0.4) is 0 Å². The van der Waals surface area contributed by atoms with Crippen LogP contribution in [-0.4, -0.2) is 9.31 Å². The van der Waals surface area contributed by atoms with Crippen molar-refractivity contribution in [1.82, 2.24) is 0 Å². The second-order valence-electron chi connectivity index (χ2n) is 0.996. The summed E-state index contributed by atoms with van der Waals surface area (Å²) in [5, 5.41) is 0. The summed E-state index contributed by atoms with van der Waals surface area (Å²) < 4.78 is 41.0. The van der Waals surface area contributed by atoms with Crippen molar-refractivity contribution in [2.24, 2.45) is 0 Å². The fourth-order valence-corrected chi connectivity index (χ4v) is 0. The van der Waals surface area contributed by atoms with Crippen LogP contribution in [0, 0.1) is 0 Å².